The van der Waals surface area contributed by atoms with Gasteiger partial charge in [0, 0.05) is 31.6 Å². The number of nitrogens with zero attached hydrogens (tertiary/aromatic N) is 2. The molecule has 0 spiro atoms. The zero-order valence-corrected chi connectivity index (χ0v) is 15.0. The molecule has 0 radical (unpaired) electrons. The zero-order chi connectivity index (χ0) is 17.2. The highest BCUT2D eigenvalue weighted by atomic mass is 32.2. The van der Waals surface area contributed by atoms with Gasteiger partial charge in [-0.1, -0.05) is 18.2 Å². The average molecular weight is 350 g/mol. The van der Waals surface area contributed by atoms with Gasteiger partial charge in [-0.15, -0.1) is 0 Å². The second-order valence-electron chi connectivity index (χ2n) is 6.87. The van der Waals surface area contributed by atoms with E-state index in [9.17, 15) is 13.2 Å². The Kier molecular flexibility index (Phi) is 5.25. The summed E-state index contributed by atoms with van der Waals surface area (Å²) >= 11 is 0. The van der Waals surface area contributed by atoms with Crippen molar-refractivity contribution < 1.29 is 13.2 Å². The molecule has 1 aromatic rings. The summed E-state index contributed by atoms with van der Waals surface area (Å²) in [6.07, 6.45) is 4.59. The van der Waals surface area contributed by atoms with Crippen molar-refractivity contribution in [2.75, 3.05) is 19.6 Å². The van der Waals surface area contributed by atoms with Crippen molar-refractivity contribution >= 4 is 15.9 Å². The van der Waals surface area contributed by atoms with Crippen LogP contribution in [0.1, 0.15) is 39.0 Å². The van der Waals surface area contributed by atoms with Gasteiger partial charge in [0.2, 0.25) is 15.9 Å². The Balaban J connectivity index is 1.62. The van der Waals surface area contributed by atoms with Gasteiger partial charge in [-0.25, -0.2) is 8.42 Å². The van der Waals surface area contributed by atoms with Gasteiger partial charge in [0.05, 0.1) is 4.90 Å². The molecule has 0 aromatic heterocycles. The van der Waals surface area contributed by atoms with Gasteiger partial charge in [-0.05, 0) is 51.2 Å². The molecule has 1 atom stereocenters. The molecule has 2 fully saturated rings. The van der Waals surface area contributed by atoms with Crippen molar-refractivity contribution in [3.8, 4) is 0 Å². The van der Waals surface area contributed by atoms with Crippen LogP contribution in [0.5, 0.6) is 0 Å². The maximum atomic E-state index is 12.7. The lowest BCUT2D eigenvalue weighted by Gasteiger charge is -2.38. The van der Waals surface area contributed by atoms with Crippen LogP contribution in [0.25, 0.3) is 0 Å². The third-order valence-corrected chi connectivity index (χ3v) is 7.18. The molecule has 24 heavy (non-hydrogen) atoms. The molecule has 5 nitrogen and oxygen atoms in total. The lowest BCUT2D eigenvalue weighted by molar-refractivity contribution is -0.140. The first-order chi connectivity index (χ1) is 11.5. The smallest absolute Gasteiger partial charge is 0.243 e. The van der Waals surface area contributed by atoms with E-state index in [1.54, 1.807) is 24.3 Å². The number of benzene rings is 1. The van der Waals surface area contributed by atoms with E-state index in [0.29, 0.717) is 36.9 Å². The second-order valence-corrected chi connectivity index (χ2v) is 8.81. The molecule has 2 saturated heterocycles. The topological polar surface area (TPSA) is 57.7 Å². The average Bonchev–Trinajstić information content (AvgIpc) is 2.62. The Bertz CT molecular complexity index is 667. The van der Waals surface area contributed by atoms with Gasteiger partial charge in [0.25, 0.3) is 0 Å². The van der Waals surface area contributed by atoms with Crippen LogP contribution in [0, 0.1) is 5.92 Å². The van der Waals surface area contributed by atoms with Gasteiger partial charge in [-0.2, -0.15) is 4.31 Å². The van der Waals surface area contributed by atoms with E-state index in [0.717, 1.165) is 19.4 Å². The highest BCUT2D eigenvalue weighted by Crippen LogP contribution is 2.27. The standard InChI is InChI=1S/C18H26N2O3S/c1-15-7-5-6-12-20(15)18(21)16-10-13-19(14-11-16)24(22,23)17-8-3-2-4-9-17/h2-4,8-9,15-16H,5-7,10-14H2,1H3/t15-/m1/s1. The number of piperidine rings is 2. The quantitative estimate of drug-likeness (QED) is 0.841. The lowest BCUT2D eigenvalue weighted by Crippen LogP contribution is -2.48. The number of sulfonamides is 1. The summed E-state index contributed by atoms with van der Waals surface area (Å²) in [5, 5.41) is 0. The second kappa shape index (κ2) is 7.23. The number of rotatable bonds is 3. The molecule has 2 heterocycles. The summed E-state index contributed by atoms with van der Waals surface area (Å²) in [6, 6.07) is 8.85. The van der Waals surface area contributed by atoms with Crippen molar-refractivity contribution in [1.29, 1.82) is 0 Å². The summed E-state index contributed by atoms with van der Waals surface area (Å²) < 4.78 is 26.8. The predicted molar refractivity (Wildman–Crippen MR) is 93.0 cm³/mol. The van der Waals surface area contributed by atoms with Crippen LogP contribution in [-0.4, -0.2) is 49.2 Å². The van der Waals surface area contributed by atoms with Gasteiger partial charge in [0.1, 0.15) is 0 Å². The Morgan fingerprint density at radius 2 is 1.67 bits per heavy atom. The maximum absolute atomic E-state index is 12.7. The summed E-state index contributed by atoms with van der Waals surface area (Å²) in [5.41, 5.74) is 0. The highest BCUT2D eigenvalue weighted by molar-refractivity contribution is 7.89. The molecule has 0 bridgehead atoms. The van der Waals surface area contributed by atoms with Gasteiger partial charge in [0.15, 0.2) is 0 Å². The Morgan fingerprint density at radius 1 is 1.00 bits per heavy atom. The molecule has 0 N–H and O–H groups in total. The van der Waals surface area contributed by atoms with Gasteiger partial charge >= 0.3 is 0 Å². The fraction of sp³-hybridized carbons (Fsp3) is 0.611. The molecular formula is C18H26N2O3S. The molecule has 2 aliphatic heterocycles. The third kappa shape index (κ3) is 3.49. The van der Waals surface area contributed by atoms with Crippen LogP contribution in [0.4, 0.5) is 0 Å². The molecule has 6 heteroatoms. The van der Waals surface area contributed by atoms with Crippen molar-refractivity contribution in [3.63, 3.8) is 0 Å². The van der Waals surface area contributed by atoms with Gasteiger partial charge < -0.3 is 4.90 Å². The molecule has 0 saturated carbocycles. The summed E-state index contributed by atoms with van der Waals surface area (Å²) in [4.78, 5) is 15.1. The van der Waals surface area contributed by atoms with Crippen LogP contribution in [0.3, 0.4) is 0 Å². The fourth-order valence-corrected chi connectivity index (χ4v) is 5.24. The minimum atomic E-state index is -3.44. The first-order valence-electron chi connectivity index (χ1n) is 8.86. The predicted octanol–water partition coefficient (Wildman–Crippen LogP) is 2.49. The van der Waals surface area contributed by atoms with Crippen molar-refractivity contribution in [2.45, 2.75) is 50.0 Å². The zero-order valence-electron chi connectivity index (χ0n) is 14.2. The Morgan fingerprint density at radius 3 is 2.29 bits per heavy atom. The monoisotopic (exact) mass is 350 g/mol. The van der Waals surface area contributed by atoms with Crippen LogP contribution in [0.15, 0.2) is 35.2 Å². The molecule has 132 valence electrons. The van der Waals surface area contributed by atoms with Crippen molar-refractivity contribution in [1.82, 2.24) is 9.21 Å². The van der Waals surface area contributed by atoms with E-state index in [1.165, 1.54) is 10.7 Å². The number of carbonyl (C=O) groups is 1. The van der Waals surface area contributed by atoms with Crippen LogP contribution < -0.4 is 0 Å². The molecule has 1 aromatic carbocycles. The van der Waals surface area contributed by atoms with Crippen LogP contribution in [0.2, 0.25) is 0 Å². The highest BCUT2D eigenvalue weighted by Gasteiger charge is 2.35. The number of likely N-dealkylation sites (tertiary alicyclic amines) is 1. The van der Waals surface area contributed by atoms with E-state index < -0.39 is 10.0 Å². The minimum Gasteiger partial charge on any atom is -0.340 e. The first kappa shape index (κ1) is 17.4. The van der Waals surface area contributed by atoms with Crippen LogP contribution in [-0.2, 0) is 14.8 Å². The SMILES string of the molecule is C[C@@H]1CCCCN1C(=O)C1CCN(S(=O)(=O)c2ccccc2)CC1. The first-order valence-corrected chi connectivity index (χ1v) is 10.3. The van der Waals surface area contributed by atoms with Crippen molar-refractivity contribution in [2.24, 2.45) is 5.92 Å². The Hall–Kier alpha value is -1.40. The normalized spacial score (nSPS) is 24.0. The number of carbonyl (C=O) groups excluding carboxylic acids is 1. The van der Waals surface area contributed by atoms with Crippen LogP contribution >= 0.6 is 0 Å². The van der Waals surface area contributed by atoms with Crippen molar-refractivity contribution in [3.05, 3.63) is 30.3 Å². The summed E-state index contributed by atoms with van der Waals surface area (Å²) in [5.74, 6) is 0.187. The number of amides is 1. The molecule has 1 amide bonds. The Labute approximate surface area is 144 Å². The summed E-state index contributed by atoms with van der Waals surface area (Å²) in [7, 11) is -3.44. The molecule has 2 aliphatic rings. The third-order valence-electron chi connectivity index (χ3n) is 5.27. The molecule has 0 unspecified atom stereocenters. The largest absolute Gasteiger partial charge is 0.340 e. The van der Waals surface area contributed by atoms with E-state index >= 15 is 0 Å². The summed E-state index contributed by atoms with van der Waals surface area (Å²) in [6.45, 7) is 3.82. The molecule has 3 rings (SSSR count). The molecular weight excluding hydrogens is 324 g/mol. The van der Waals surface area contributed by atoms with E-state index in [4.69, 9.17) is 0 Å². The maximum Gasteiger partial charge on any atom is 0.243 e. The minimum absolute atomic E-state index is 0.0345. The fourth-order valence-electron chi connectivity index (χ4n) is 3.74. The molecule has 0 aliphatic carbocycles. The van der Waals surface area contributed by atoms with E-state index in [-0.39, 0.29) is 11.8 Å². The number of hydrogen-bond acceptors (Lipinski definition) is 3. The van der Waals surface area contributed by atoms with Gasteiger partial charge in [-0.3, -0.25) is 4.79 Å². The van der Waals surface area contributed by atoms with E-state index in [1.807, 2.05) is 11.0 Å². The number of hydrogen-bond donors (Lipinski definition) is 0. The van der Waals surface area contributed by atoms with E-state index in [2.05, 4.69) is 6.92 Å². The lowest BCUT2D eigenvalue weighted by atomic mass is 9.94.